The van der Waals surface area contributed by atoms with E-state index in [2.05, 4.69) is 25.9 Å². The second kappa shape index (κ2) is 7.91. The highest BCUT2D eigenvalue weighted by atomic mass is 16.3. The van der Waals surface area contributed by atoms with Crippen LogP contribution in [0.3, 0.4) is 0 Å². The number of Topliss-reactive ketones (excluding diaryl/α,β-unsaturated/α-hetero) is 1. The van der Waals surface area contributed by atoms with Gasteiger partial charge in [-0.3, -0.25) is 9.59 Å². The van der Waals surface area contributed by atoms with Crippen molar-refractivity contribution in [2.24, 2.45) is 29.1 Å². The van der Waals surface area contributed by atoms with E-state index in [1.54, 1.807) is 12.5 Å². The van der Waals surface area contributed by atoms with E-state index in [0.717, 1.165) is 32.1 Å². The number of carbonyl (C=O) groups is 2. The largest absolute Gasteiger partial charge is 0.382 e. The minimum absolute atomic E-state index is 0.0340. The molecule has 0 heterocycles. The summed E-state index contributed by atoms with van der Waals surface area (Å²) in [6, 6.07) is 0.668. The van der Waals surface area contributed by atoms with Gasteiger partial charge in [-0.05, 0) is 126 Å². The van der Waals surface area contributed by atoms with E-state index in [-0.39, 0.29) is 11.2 Å². The summed E-state index contributed by atoms with van der Waals surface area (Å²) in [6.45, 7) is 3.84. The lowest BCUT2D eigenvalue weighted by molar-refractivity contribution is -0.155. The summed E-state index contributed by atoms with van der Waals surface area (Å²) in [4.78, 5) is 27.3. The molecule has 5 rings (SSSR count). The van der Waals surface area contributed by atoms with E-state index in [4.69, 9.17) is 0 Å². The molecule has 32 heavy (non-hydrogen) atoms. The van der Waals surface area contributed by atoms with Gasteiger partial charge in [0.1, 0.15) is 5.60 Å². The monoisotopic (exact) mass is 439 g/mol. The van der Waals surface area contributed by atoms with Crippen LogP contribution in [0.4, 0.5) is 0 Å². The van der Waals surface area contributed by atoms with Crippen LogP contribution < -0.4 is 0 Å². The minimum atomic E-state index is -1.18. The summed E-state index contributed by atoms with van der Waals surface area (Å²) in [7, 11) is 4.39. The van der Waals surface area contributed by atoms with Crippen LogP contribution in [0.15, 0.2) is 22.8 Å². The van der Waals surface area contributed by atoms with Crippen molar-refractivity contribution >= 4 is 11.6 Å². The van der Waals surface area contributed by atoms with Gasteiger partial charge in [0.05, 0.1) is 0 Å². The summed E-state index contributed by atoms with van der Waals surface area (Å²) in [5.41, 5.74) is 2.95. The van der Waals surface area contributed by atoms with Gasteiger partial charge in [-0.15, -0.1) is 0 Å². The van der Waals surface area contributed by atoms with Crippen molar-refractivity contribution in [1.29, 1.82) is 0 Å². The molecule has 0 aromatic rings. The number of carbonyl (C=O) groups excluding carboxylic acids is 2. The Morgan fingerprint density at radius 1 is 1.03 bits per heavy atom. The third-order valence-corrected chi connectivity index (χ3v) is 10.5. The van der Waals surface area contributed by atoms with Gasteiger partial charge in [0.2, 0.25) is 0 Å². The van der Waals surface area contributed by atoms with Crippen LogP contribution in [0, 0.1) is 29.1 Å². The summed E-state index contributed by atoms with van der Waals surface area (Å²) < 4.78 is 0. The zero-order valence-electron chi connectivity index (χ0n) is 20.5. The smallest absolute Gasteiger partial charge is 0.161 e. The van der Waals surface area contributed by atoms with Gasteiger partial charge in [-0.2, -0.15) is 0 Å². The molecular formula is C28H41NO3. The van der Waals surface area contributed by atoms with Crippen LogP contribution in [-0.2, 0) is 9.59 Å². The van der Waals surface area contributed by atoms with Crippen LogP contribution in [0.1, 0.15) is 84.5 Å². The fourth-order valence-electron chi connectivity index (χ4n) is 8.75. The molecule has 0 aromatic carbocycles. The molecule has 3 saturated carbocycles. The standard InChI is InChI=1S/C28H41NO3/c1-17(30)28(32)14-13-25-23-11-7-19-15-21(31)10-12-22(19)26(23)24(16-27(25,28)2)18-5-8-20(9-6-18)29(3)4/h15,18,20,23-25,32H,5-14,16H2,1-4H3/t18?,20?,23?,24?,25?,27-,28?/m0/s1. The molecule has 4 heteroatoms. The van der Waals surface area contributed by atoms with Crippen LogP contribution in [-0.4, -0.2) is 47.3 Å². The number of ketones is 2. The van der Waals surface area contributed by atoms with Crippen molar-refractivity contribution in [3.05, 3.63) is 22.8 Å². The van der Waals surface area contributed by atoms with E-state index in [0.29, 0.717) is 48.3 Å². The van der Waals surface area contributed by atoms with Gasteiger partial charge in [-0.25, -0.2) is 0 Å². The highest BCUT2D eigenvalue weighted by molar-refractivity contribution is 5.93. The summed E-state index contributed by atoms with van der Waals surface area (Å²) in [5.74, 6) is 2.18. The minimum Gasteiger partial charge on any atom is -0.382 e. The Morgan fingerprint density at radius 2 is 1.75 bits per heavy atom. The van der Waals surface area contributed by atoms with Gasteiger partial charge in [0.25, 0.3) is 0 Å². The van der Waals surface area contributed by atoms with E-state index in [9.17, 15) is 14.7 Å². The normalized spacial score (nSPS) is 44.1. The van der Waals surface area contributed by atoms with E-state index in [1.807, 2.05) is 6.08 Å². The third-order valence-electron chi connectivity index (χ3n) is 10.5. The molecule has 0 amide bonds. The SMILES string of the molecule is CC(=O)C1(O)CCC2C3CCC4=CC(=O)CCC4=C3C(C3CCC(N(C)C)CC3)C[C@@]21C. The summed E-state index contributed by atoms with van der Waals surface area (Å²) in [5, 5.41) is 11.7. The van der Waals surface area contributed by atoms with Crippen molar-refractivity contribution in [3.63, 3.8) is 0 Å². The van der Waals surface area contributed by atoms with E-state index >= 15 is 0 Å². The second-order valence-electron chi connectivity index (χ2n) is 12.0. The molecule has 0 saturated heterocycles. The molecule has 0 aromatic heterocycles. The first-order chi connectivity index (χ1) is 15.2. The molecule has 0 radical (unpaired) electrons. The Balaban J connectivity index is 1.57. The Labute approximate surface area is 193 Å². The maximum atomic E-state index is 12.7. The average molecular weight is 440 g/mol. The van der Waals surface area contributed by atoms with Crippen LogP contribution >= 0.6 is 0 Å². The van der Waals surface area contributed by atoms with E-state index in [1.165, 1.54) is 36.8 Å². The molecule has 4 nitrogen and oxygen atoms in total. The maximum Gasteiger partial charge on any atom is 0.161 e. The lowest BCUT2D eigenvalue weighted by Gasteiger charge is -2.56. The third kappa shape index (κ3) is 3.23. The second-order valence-corrected chi connectivity index (χ2v) is 12.0. The fraction of sp³-hybridized carbons (Fsp3) is 0.786. The predicted octanol–water partition coefficient (Wildman–Crippen LogP) is 4.86. The first kappa shape index (κ1) is 22.5. The number of fused-ring (bicyclic) bond motifs is 4. The van der Waals surface area contributed by atoms with E-state index < -0.39 is 5.60 Å². The molecule has 3 fully saturated rings. The maximum absolute atomic E-state index is 12.7. The first-order valence-corrected chi connectivity index (χ1v) is 13.0. The zero-order chi connectivity index (χ0) is 22.8. The van der Waals surface area contributed by atoms with Crippen LogP contribution in [0.5, 0.6) is 0 Å². The molecule has 0 bridgehead atoms. The molecule has 176 valence electrons. The molecular weight excluding hydrogens is 398 g/mol. The summed E-state index contributed by atoms with van der Waals surface area (Å²) >= 11 is 0. The van der Waals surface area contributed by atoms with Crippen LogP contribution in [0.25, 0.3) is 0 Å². The Morgan fingerprint density at radius 3 is 2.41 bits per heavy atom. The van der Waals surface area contributed by atoms with Crippen molar-refractivity contribution < 1.29 is 14.7 Å². The average Bonchev–Trinajstić information content (AvgIpc) is 3.04. The highest BCUT2D eigenvalue weighted by Gasteiger charge is 2.65. The van der Waals surface area contributed by atoms with Gasteiger partial charge in [0, 0.05) is 17.9 Å². The fourth-order valence-corrected chi connectivity index (χ4v) is 8.75. The number of allylic oxidation sites excluding steroid dienone is 4. The Kier molecular flexibility index (Phi) is 5.57. The Hall–Kier alpha value is -1.26. The molecule has 5 aliphatic rings. The van der Waals surface area contributed by atoms with Gasteiger partial charge < -0.3 is 10.0 Å². The van der Waals surface area contributed by atoms with Crippen LogP contribution in [0.2, 0.25) is 0 Å². The lowest BCUT2D eigenvalue weighted by Crippen LogP contribution is -2.56. The predicted molar refractivity (Wildman–Crippen MR) is 126 cm³/mol. The van der Waals surface area contributed by atoms with Crippen molar-refractivity contribution in [1.82, 2.24) is 4.90 Å². The zero-order valence-corrected chi connectivity index (χ0v) is 20.5. The summed E-state index contributed by atoms with van der Waals surface area (Å²) in [6.07, 6.45) is 13.0. The van der Waals surface area contributed by atoms with Crippen molar-refractivity contribution in [2.75, 3.05) is 14.1 Å². The van der Waals surface area contributed by atoms with Gasteiger partial charge in [-0.1, -0.05) is 12.5 Å². The van der Waals surface area contributed by atoms with Gasteiger partial charge in [0.15, 0.2) is 11.6 Å². The van der Waals surface area contributed by atoms with Gasteiger partial charge >= 0.3 is 0 Å². The van der Waals surface area contributed by atoms with Crippen molar-refractivity contribution in [2.45, 2.75) is 96.1 Å². The number of aliphatic hydroxyl groups is 1. The van der Waals surface area contributed by atoms with Crippen molar-refractivity contribution in [3.8, 4) is 0 Å². The first-order valence-electron chi connectivity index (χ1n) is 13.0. The molecule has 0 aliphatic heterocycles. The molecule has 5 aliphatic carbocycles. The highest BCUT2D eigenvalue weighted by Crippen LogP contribution is 2.66. The number of hydrogen-bond acceptors (Lipinski definition) is 4. The molecule has 5 atom stereocenters. The molecule has 4 unspecified atom stereocenters. The lowest BCUT2D eigenvalue weighted by atomic mass is 9.49. The number of hydrogen-bond donors (Lipinski definition) is 1. The Bertz CT molecular complexity index is 877. The number of rotatable bonds is 3. The number of nitrogens with zero attached hydrogens (tertiary/aromatic N) is 1. The molecule has 1 N–H and O–H groups in total. The quantitative estimate of drug-likeness (QED) is 0.682. The topological polar surface area (TPSA) is 57.6 Å². The molecule has 0 spiro atoms.